The van der Waals surface area contributed by atoms with Gasteiger partial charge in [-0.1, -0.05) is 6.07 Å². The number of ether oxygens (including phenoxy) is 3. The van der Waals surface area contributed by atoms with Gasteiger partial charge in [-0.3, -0.25) is 4.79 Å². The van der Waals surface area contributed by atoms with Crippen molar-refractivity contribution >= 4 is 5.91 Å². The number of carbonyl (C=O) groups excluding carboxylic acids is 1. The summed E-state index contributed by atoms with van der Waals surface area (Å²) in [4.78, 5) is 11.8. The van der Waals surface area contributed by atoms with Crippen molar-refractivity contribution in [2.24, 2.45) is 5.73 Å². The lowest BCUT2D eigenvalue weighted by Gasteiger charge is -2.17. The highest BCUT2D eigenvalue weighted by Gasteiger charge is 2.16. The minimum atomic E-state index is -0.631. The van der Waals surface area contributed by atoms with E-state index in [0.717, 1.165) is 5.56 Å². The zero-order valence-corrected chi connectivity index (χ0v) is 12.1. The van der Waals surface area contributed by atoms with Crippen LogP contribution < -0.4 is 20.5 Å². The highest BCUT2D eigenvalue weighted by atomic mass is 16.5. The van der Waals surface area contributed by atoms with Gasteiger partial charge in [0.05, 0.1) is 13.7 Å². The van der Waals surface area contributed by atoms with Crippen LogP contribution in [0.5, 0.6) is 11.5 Å². The number of benzene rings is 1. The first kappa shape index (κ1) is 16.3. The molecule has 6 nitrogen and oxygen atoms in total. The van der Waals surface area contributed by atoms with Crippen LogP contribution >= 0.6 is 0 Å². The molecular weight excluding hydrogens is 260 g/mol. The van der Waals surface area contributed by atoms with E-state index >= 15 is 0 Å². The first-order valence-corrected chi connectivity index (χ1v) is 6.42. The predicted molar refractivity (Wildman–Crippen MR) is 75.9 cm³/mol. The molecule has 20 heavy (non-hydrogen) atoms. The molecule has 6 heteroatoms. The van der Waals surface area contributed by atoms with Gasteiger partial charge in [0.2, 0.25) is 0 Å². The minimum Gasteiger partial charge on any atom is -0.493 e. The molecule has 0 heterocycles. The summed E-state index contributed by atoms with van der Waals surface area (Å²) in [6, 6.07) is 5.40. The monoisotopic (exact) mass is 282 g/mol. The van der Waals surface area contributed by atoms with Gasteiger partial charge in [-0.25, -0.2) is 0 Å². The average Bonchev–Trinajstić information content (AvgIpc) is 2.47. The zero-order chi connectivity index (χ0) is 15.0. The van der Waals surface area contributed by atoms with E-state index in [1.54, 1.807) is 33.3 Å². The molecule has 0 aromatic heterocycles. The molecule has 0 radical (unpaired) electrons. The summed E-state index contributed by atoms with van der Waals surface area (Å²) in [5, 5.41) is 2.72. The number of rotatable bonds is 8. The SMILES string of the molecule is COCCNC(=O)C(C)Oc1cc(CN)ccc1OC. The average molecular weight is 282 g/mol. The molecular formula is C14H22N2O4. The molecule has 1 aromatic rings. The van der Waals surface area contributed by atoms with Crippen LogP contribution in [0.2, 0.25) is 0 Å². The van der Waals surface area contributed by atoms with Crippen LogP contribution in [-0.4, -0.2) is 39.4 Å². The second kappa shape index (κ2) is 8.39. The van der Waals surface area contributed by atoms with E-state index in [0.29, 0.717) is 31.2 Å². The number of hydrogen-bond donors (Lipinski definition) is 2. The highest BCUT2D eigenvalue weighted by molar-refractivity contribution is 5.80. The first-order valence-electron chi connectivity index (χ1n) is 6.42. The van der Waals surface area contributed by atoms with Crippen LogP contribution in [0.4, 0.5) is 0 Å². The van der Waals surface area contributed by atoms with Gasteiger partial charge in [0, 0.05) is 20.2 Å². The Hall–Kier alpha value is -1.79. The summed E-state index contributed by atoms with van der Waals surface area (Å²) in [5.74, 6) is 0.867. The number of nitrogens with two attached hydrogens (primary N) is 1. The molecule has 0 saturated carbocycles. The molecule has 0 bridgehead atoms. The molecule has 0 spiro atoms. The third-order valence-corrected chi connectivity index (χ3v) is 2.74. The Balaban J connectivity index is 2.68. The molecule has 1 atom stereocenters. The van der Waals surface area contributed by atoms with Gasteiger partial charge in [0.1, 0.15) is 0 Å². The molecule has 1 rings (SSSR count). The Morgan fingerprint density at radius 3 is 2.70 bits per heavy atom. The third kappa shape index (κ3) is 4.71. The molecule has 1 amide bonds. The number of carbonyl (C=O) groups is 1. The number of hydrogen-bond acceptors (Lipinski definition) is 5. The first-order chi connectivity index (χ1) is 9.62. The van der Waals surface area contributed by atoms with Crippen molar-refractivity contribution in [3.05, 3.63) is 23.8 Å². The van der Waals surface area contributed by atoms with Crippen LogP contribution in [-0.2, 0) is 16.1 Å². The molecule has 0 aliphatic rings. The second-order valence-electron chi connectivity index (χ2n) is 4.23. The van der Waals surface area contributed by atoms with Gasteiger partial charge in [0.15, 0.2) is 17.6 Å². The number of nitrogens with one attached hydrogen (secondary N) is 1. The maximum absolute atomic E-state index is 11.8. The summed E-state index contributed by atoms with van der Waals surface area (Å²) >= 11 is 0. The van der Waals surface area contributed by atoms with Crippen molar-refractivity contribution in [2.45, 2.75) is 19.6 Å². The lowest BCUT2D eigenvalue weighted by Crippen LogP contribution is -2.38. The summed E-state index contributed by atoms with van der Waals surface area (Å²) in [7, 11) is 3.13. The van der Waals surface area contributed by atoms with E-state index in [1.165, 1.54) is 0 Å². The molecule has 0 fully saturated rings. The minimum absolute atomic E-state index is 0.206. The van der Waals surface area contributed by atoms with Crippen molar-refractivity contribution in [3.8, 4) is 11.5 Å². The van der Waals surface area contributed by atoms with E-state index < -0.39 is 6.10 Å². The van der Waals surface area contributed by atoms with Crippen molar-refractivity contribution in [2.75, 3.05) is 27.4 Å². The zero-order valence-electron chi connectivity index (χ0n) is 12.1. The normalized spacial score (nSPS) is 11.8. The number of methoxy groups -OCH3 is 2. The molecule has 112 valence electrons. The van der Waals surface area contributed by atoms with Crippen LogP contribution in [0.25, 0.3) is 0 Å². The summed E-state index contributed by atoms with van der Waals surface area (Å²) < 4.78 is 15.7. The summed E-state index contributed by atoms with van der Waals surface area (Å²) in [6.07, 6.45) is -0.631. The van der Waals surface area contributed by atoms with E-state index in [2.05, 4.69) is 5.32 Å². The summed E-state index contributed by atoms with van der Waals surface area (Å²) in [6.45, 7) is 2.99. The highest BCUT2D eigenvalue weighted by Crippen LogP contribution is 2.28. The Labute approximate surface area is 119 Å². The van der Waals surface area contributed by atoms with E-state index in [4.69, 9.17) is 19.9 Å². The van der Waals surface area contributed by atoms with Gasteiger partial charge in [0.25, 0.3) is 5.91 Å². The Kier molecular flexibility index (Phi) is 6.83. The Bertz CT molecular complexity index is 437. The van der Waals surface area contributed by atoms with Crippen molar-refractivity contribution in [1.82, 2.24) is 5.32 Å². The predicted octanol–water partition coefficient (Wildman–Crippen LogP) is 0.684. The van der Waals surface area contributed by atoms with Crippen LogP contribution in [0, 0.1) is 0 Å². The van der Waals surface area contributed by atoms with Gasteiger partial charge in [-0.05, 0) is 24.6 Å². The summed E-state index contributed by atoms with van der Waals surface area (Å²) in [5.41, 5.74) is 6.50. The van der Waals surface area contributed by atoms with Crippen LogP contribution in [0.15, 0.2) is 18.2 Å². The lowest BCUT2D eigenvalue weighted by molar-refractivity contribution is -0.127. The fraction of sp³-hybridized carbons (Fsp3) is 0.500. The quantitative estimate of drug-likeness (QED) is 0.685. The maximum Gasteiger partial charge on any atom is 0.260 e. The van der Waals surface area contributed by atoms with E-state index in [-0.39, 0.29) is 5.91 Å². The van der Waals surface area contributed by atoms with Crippen molar-refractivity contribution < 1.29 is 19.0 Å². The maximum atomic E-state index is 11.8. The van der Waals surface area contributed by atoms with Gasteiger partial charge in [-0.2, -0.15) is 0 Å². The van der Waals surface area contributed by atoms with E-state index in [1.807, 2.05) is 6.07 Å². The van der Waals surface area contributed by atoms with Crippen LogP contribution in [0.3, 0.4) is 0 Å². The number of amides is 1. The fourth-order valence-corrected chi connectivity index (χ4v) is 1.60. The fourth-order valence-electron chi connectivity index (χ4n) is 1.60. The molecule has 1 unspecified atom stereocenters. The second-order valence-corrected chi connectivity index (χ2v) is 4.23. The third-order valence-electron chi connectivity index (χ3n) is 2.74. The molecule has 1 aromatic carbocycles. The Morgan fingerprint density at radius 1 is 1.35 bits per heavy atom. The molecule has 0 saturated heterocycles. The standard InChI is InChI=1S/C14H22N2O4/c1-10(14(17)16-6-7-18-2)20-13-8-11(9-15)4-5-12(13)19-3/h4-5,8,10H,6-7,9,15H2,1-3H3,(H,16,17). The topological polar surface area (TPSA) is 82.8 Å². The smallest absolute Gasteiger partial charge is 0.260 e. The van der Waals surface area contributed by atoms with Gasteiger partial charge < -0.3 is 25.3 Å². The van der Waals surface area contributed by atoms with Gasteiger partial charge in [-0.15, -0.1) is 0 Å². The Morgan fingerprint density at radius 2 is 2.10 bits per heavy atom. The lowest BCUT2D eigenvalue weighted by atomic mass is 10.2. The van der Waals surface area contributed by atoms with Gasteiger partial charge >= 0.3 is 0 Å². The molecule has 0 aliphatic heterocycles. The van der Waals surface area contributed by atoms with E-state index in [9.17, 15) is 4.79 Å². The van der Waals surface area contributed by atoms with Crippen LogP contribution in [0.1, 0.15) is 12.5 Å². The largest absolute Gasteiger partial charge is 0.493 e. The van der Waals surface area contributed by atoms with Crippen molar-refractivity contribution in [1.29, 1.82) is 0 Å². The molecule has 0 aliphatic carbocycles. The van der Waals surface area contributed by atoms with Crippen molar-refractivity contribution in [3.63, 3.8) is 0 Å². The molecule has 3 N–H and O–H groups in total.